The van der Waals surface area contributed by atoms with Gasteiger partial charge in [0, 0.05) is 46.2 Å². The Morgan fingerprint density at radius 2 is 1.68 bits per heavy atom. The molecule has 0 aromatic carbocycles. The molecule has 0 rings (SSSR count). The predicted octanol–water partition coefficient (Wildman–Crippen LogP) is 2.06. The highest BCUT2D eigenvalue weighted by atomic mass is 28.4. The number of rotatable bonds is 11. The highest BCUT2D eigenvalue weighted by molar-refractivity contribution is 6.60. The summed E-state index contributed by atoms with van der Waals surface area (Å²) in [5.41, 5.74) is 1.29. The van der Waals surface area contributed by atoms with Gasteiger partial charge in [-0.3, -0.25) is 4.99 Å². The average Bonchev–Trinajstić information content (AvgIpc) is 2.43. The second-order valence-corrected chi connectivity index (χ2v) is 7.84. The lowest BCUT2D eigenvalue weighted by molar-refractivity contribution is 0.123. The van der Waals surface area contributed by atoms with Crippen molar-refractivity contribution in [2.24, 2.45) is 4.99 Å². The molecule has 0 radical (unpaired) electrons. The summed E-state index contributed by atoms with van der Waals surface area (Å²) in [4.78, 5) is 6.85. The maximum absolute atomic E-state index is 5.39. The molecule has 6 heteroatoms. The third-order valence-corrected chi connectivity index (χ3v) is 6.00. The van der Waals surface area contributed by atoms with Crippen LogP contribution in [0.1, 0.15) is 26.2 Å². The smallest absolute Gasteiger partial charge is 0.377 e. The number of hydrogen-bond donors (Lipinski definition) is 0. The largest absolute Gasteiger partial charge is 0.500 e. The summed E-state index contributed by atoms with van der Waals surface area (Å²) < 4.78 is 16.2. The van der Waals surface area contributed by atoms with E-state index in [4.69, 9.17) is 13.3 Å². The summed E-state index contributed by atoms with van der Waals surface area (Å²) in [6.45, 7) is 4.04. The fraction of sp³-hybridized carbons (Fsp3) is 0.923. The lowest BCUT2D eigenvalue weighted by atomic mass is 10.2. The van der Waals surface area contributed by atoms with Crippen LogP contribution in [0.4, 0.5) is 0 Å². The van der Waals surface area contributed by atoms with Crippen LogP contribution in [0.2, 0.25) is 6.04 Å². The first kappa shape index (κ1) is 18.7. The molecule has 114 valence electrons. The van der Waals surface area contributed by atoms with Gasteiger partial charge in [0.25, 0.3) is 0 Å². The van der Waals surface area contributed by atoms with E-state index in [0.717, 1.165) is 38.4 Å². The van der Waals surface area contributed by atoms with Crippen LogP contribution in [0, 0.1) is 0 Å². The van der Waals surface area contributed by atoms with Crippen LogP contribution in [0.15, 0.2) is 4.99 Å². The maximum atomic E-state index is 5.39. The van der Waals surface area contributed by atoms with Crippen molar-refractivity contribution >= 4 is 14.5 Å². The standard InChI is InChI=1S/C13H30N2O3Si/c1-7-13(9-11-15(2)3)14-10-8-12-19(16-4,17-5)18-6/h7-12H2,1-6H3. The van der Waals surface area contributed by atoms with E-state index in [1.165, 1.54) is 5.71 Å². The quantitative estimate of drug-likeness (QED) is 0.332. The van der Waals surface area contributed by atoms with E-state index in [1.807, 2.05) is 0 Å². The maximum Gasteiger partial charge on any atom is 0.500 e. The highest BCUT2D eigenvalue weighted by Crippen LogP contribution is 2.14. The molecule has 0 aromatic heterocycles. The van der Waals surface area contributed by atoms with Crippen molar-refractivity contribution in [1.82, 2.24) is 4.90 Å². The zero-order valence-corrected chi connectivity index (χ0v) is 14.4. The minimum atomic E-state index is -2.41. The topological polar surface area (TPSA) is 43.3 Å². The molecular weight excluding hydrogens is 260 g/mol. The third kappa shape index (κ3) is 7.79. The van der Waals surface area contributed by atoms with Crippen LogP contribution in [-0.2, 0) is 13.3 Å². The van der Waals surface area contributed by atoms with Crippen LogP contribution in [-0.4, -0.2) is 67.9 Å². The molecule has 0 spiro atoms. The van der Waals surface area contributed by atoms with E-state index in [1.54, 1.807) is 21.3 Å². The molecule has 0 heterocycles. The van der Waals surface area contributed by atoms with E-state index in [-0.39, 0.29) is 0 Å². The van der Waals surface area contributed by atoms with Gasteiger partial charge in [0.2, 0.25) is 0 Å². The van der Waals surface area contributed by atoms with Crippen molar-refractivity contribution in [2.45, 2.75) is 32.2 Å². The minimum Gasteiger partial charge on any atom is -0.377 e. The van der Waals surface area contributed by atoms with E-state index in [0.29, 0.717) is 0 Å². The van der Waals surface area contributed by atoms with Crippen molar-refractivity contribution in [1.29, 1.82) is 0 Å². The van der Waals surface area contributed by atoms with Gasteiger partial charge in [-0.25, -0.2) is 0 Å². The van der Waals surface area contributed by atoms with Gasteiger partial charge >= 0.3 is 8.80 Å². The summed E-state index contributed by atoms with van der Waals surface area (Å²) >= 11 is 0. The Kier molecular flexibility index (Phi) is 10.4. The number of hydrogen-bond acceptors (Lipinski definition) is 5. The molecule has 19 heavy (non-hydrogen) atoms. The van der Waals surface area contributed by atoms with E-state index >= 15 is 0 Å². The summed E-state index contributed by atoms with van der Waals surface area (Å²) in [5, 5.41) is 0. The molecule has 0 aromatic rings. The molecule has 0 aliphatic heterocycles. The van der Waals surface area contributed by atoms with E-state index < -0.39 is 8.80 Å². The zero-order valence-electron chi connectivity index (χ0n) is 13.4. The highest BCUT2D eigenvalue weighted by Gasteiger charge is 2.36. The molecule has 0 unspecified atom stereocenters. The SMILES string of the molecule is CCC(CCN(C)C)=NCCC[Si](OC)(OC)OC. The Balaban J connectivity index is 4.10. The summed E-state index contributed by atoms with van der Waals surface area (Å²) in [7, 11) is 6.71. The van der Waals surface area contributed by atoms with Crippen LogP contribution in [0.3, 0.4) is 0 Å². The number of nitrogens with zero attached hydrogens (tertiary/aromatic N) is 2. The second-order valence-electron chi connectivity index (χ2n) is 4.75. The fourth-order valence-corrected chi connectivity index (χ4v) is 3.51. The predicted molar refractivity (Wildman–Crippen MR) is 82.0 cm³/mol. The van der Waals surface area contributed by atoms with E-state index in [9.17, 15) is 0 Å². The molecule has 0 atom stereocenters. The van der Waals surface area contributed by atoms with Crippen LogP contribution in [0.5, 0.6) is 0 Å². The van der Waals surface area contributed by atoms with Gasteiger partial charge in [0.1, 0.15) is 0 Å². The van der Waals surface area contributed by atoms with Crippen LogP contribution >= 0.6 is 0 Å². The summed E-state index contributed by atoms with van der Waals surface area (Å²) in [6.07, 6.45) is 3.01. The third-order valence-electron chi connectivity index (χ3n) is 3.17. The summed E-state index contributed by atoms with van der Waals surface area (Å²) in [6, 6.07) is 0.810. The Morgan fingerprint density at radius 1 is 1.11 bits per heavy atom. The van der Waals surface area contributed by atoms with Crippen molar-refractivity contribution in [3.8, 4) is 0 Å². The molecule has 0 saturated carbocycles. The Morgan fingerprint density at radius 3 is 2.11 bits per heavy atom. The first-order valence-corrected chi connectivity index (χ1v) is 8.79. The van der Waals surface area contributed by atoms with E-state index in [2.05, 4.69) is 30.9 Å². The fourth-order valence-electron chi connectivity index (χ4n) is 1.81. The molecule has 0 saturated heterocycles. The molecule has 0 N–H and O–H groups in total. The van der Waals surface area contributed by atoms with Gasteiger partial charge in [0.15, 0.2) is 0 Å². The van der Waals surface area contributed by atoms with Gasteiger partial charge < -0.3 is 18.2 Å². The van der Waals surface area contributed by atoms with Crippen LogP contribution in [0.25, 0.3) is 0 Å². The lowest BCUT2D eigenvalue weighted by Crippen LogP contribution is -2.42. The first-order chi connectivity index (χ1) is 9.03. The van der Waals surface area contributed by atoms with Crippen molar-refractivity contribution in [3.05, 3.63) is 0 Å². The van der Waals surface area contributed by atoms with Gasteiger partial charge in [0.05, 0.1) is 0 Å². The lowest BCUT2D eigenvalue weighted by Gasteiger charge is -2.23. The first-order valence-electron chi connectivity index (χ1n) is 6.86. The average molecular weight is 290 g/mol. The molecule has 0 amide bonds. The Bertz CT molecular complexity index is 248. The Hall–Kier alpha value is -0.273. The Labute approximate surface area is 119 Å². The van der Waals surface area contributed by atoms with Gasteiger partial charge in [-0.05, 0) is 33.4 Å². The van der Waals surface area contributed by atoms with Crippen molar-refractivity contribution in [2.75, 3.05) is 48.5 Å². The molecule has 0 fully saturated rings. The number of aliphatic imine (C=N–C) groups is 1. The molecular formula is C13H30N2O3Si. The van der Waals surface area contributed by atoms with Gasteiger partial charge in [-0.2, -0.15) is 0 Å². The monoisotopic (exact) mass is 290 g/mol. The second kappa shape index (κ2) is 10.5. The molecule has 0 aliphatic rings. The summed E-state index contributed by atoms with van der Waals surface area (Å²) in [5.74, 6) is 0. The minimum absolute atomic E-state index is 0.810. The van der Waals surface area contributed by atoms with Gasteiger partial charge in [-0.1, -0.05) is 6.92 Å². The molecule has 5 nitrogen and oxygen atoms in total. The normalized spacial score (nSPS) is 13.3. The van der Waals surface area contributed by atoms with Crippen LogP contribution < -0.4 is 0 Å². The van der Waals surface area contributed by atoms with Gasteiger partial charge in [-0.15, -0.1) is 0 Å². The zero-order chi connectivity index (χ0) is 14.7. The van der Waals surface area contributed by atoms with Crippen molar-refractivity contribution < 1.29 is 13.3 Å². The van der Waals surface area contributed by atoms with Crippen molar-refractivity contribution in [3.63, 3.8) is 0 Å². The molecule has 0 bridgehead atoms. The molecule has 0 aliphatic carbocycles.